The van der Waals surface area contributed by atoms with Crippen molar-refractivity contribution in [2.45, 2.75) is 43.9 Å². The van der Waals surface area contributed by atoms with Gasteiger partial charge in [-0.3, -0.25) is 4.98 Å². The Morgan fingerprint density at radius 3 is 2.54 bits per heavy atom. The van der Waals surface area contributed by atoms with Gasteiger partial charge in [-0.2, -0.15) is 26.3 Å². The van der Waals surface area contributed by atoms with Crippen LogP contribution in [0.3, 0.4) is 0 Å². The number of alkyl halides is 6. The van der Waals surface area contributed by atoms with E-state index in [1.807, 2.05) is 6.08 Å². The highest BCUT2D eigenvalue weighted by Crippen LogP contribution is 2.49. The largest absolute Gasteiger partial charge is 0.497 e. The summed E-state index contributed by atoms with van der Waals surface area (Å²) in [5.41, 5.74) is -1.61. The average Bonchev–Trinajstić information content (AvgIpc) is 2.90. The number of pyridine rings is 1. The van der Waals surface area contributed by atoms with Gasteiger partial charge < -0.3 is 14.3 Å². The molecule has 0 spiro atoms. The van der Waals surface area contributed by atoms with Gasteiger partial charge in [-0.1, -0.05) is 12.1 Å². The number of methoxy groups -OCH3 is 1. The highest BCUT2D eigenvalue weighted by Gasteiger charge is 2.54. The lowest BCUT2D eigenvalue weighted by atomic mass is 9.71. The number of nitrogens with zero attached hydrogens (tertiary/aromatic N) is 2. The van der Waals surface area contributed by atoms with Crippen LogP contribution in [-0.4, -0.2) is 40.8 Å². The molecule has 3 fully saturated rings. The van der Waals surface area contributed by atoms with E-state index >= 15 is 0 Å². The van der Waals surface area contributed by atoms with Gasteiger partial charge in [0, 0.05) is 35.9 Å². The summed E-state index contributed by atoms with van der Waals surface area (Å²) in [7, 11) is 1.53. The van der Waals surface area contributed by atoms with E-state index in [4.69, 9.17) is 4.74 Å². The third-order valence-corrected chi connectivity index (χ3v) is 8.57. The molecule has 2 aromatic carbocycles. The maximum absolute atomic E-state index is 14.1. The van der Waals surface area contributed by atoms with Gasteiger partial charge in [-0.15, -0.1) is 6.58 Å². The molecule has 1 N–H and O–H groups in total. The summed E-state index contributed by atoms with van der Waals surface area (Å²) in [4.78, 5) is 4.37. The number of piperidine rings is 3. The smallest absolute Gasteiger partial charge is 0.416 e. The third kappa shape index (κ3) is 5.00. The highest BCUT2D eigenvalue weighted by atomic mass is 19.4. The van der Waals surface area contributed by atoms with Crippen LogP contribution in [0.15, 0.2) is 61.3 Å². The number of benzene rings is 2. The number of fused-ring (bicyclic) bond motifs is 4. The van der Waals surface area contributed by atoms with E-state index in [1.54, 1.807) is 30.5 Å². The van der Waals surface area contributed by atoms with Crippen molar-refractivity contribution in [2.24, 2.45) is 11.8 Å². The van der Waals surface area contributed by atoms with E-state index in [1.165, 1.54) is 7.11 Å². The molecule has 0 unspecified atom stereocenters. The number of quaternary nitrogens is 1. The molecule has 2 bridgehead atoms. The van der Waals surface area contributed by atoms with Gasteiger partial charge in [-0.05, 0) is 47.9 Å². The van der Waals surface area contributed by atoms with Gasteiger partial charge in [0.25, 0.3) is 0 Å². The minimum absolute atomic E-state index is 0.0280. The van der Waals surface area contributed by atoms with Gasteiger partial charge in [0.1, 0.15) is 24.4 Å². The monoisotopic (exact) mass is 551 g/mol. The first-order chi connectivity index (χ1) is 18.4. The van der Waals surface area contributed by atoms with Crippen molar-refractivity contribution in [3.8, 4) is 5.75 Å². The van der Waals surface area contributed by atoms with Crippen LogP contribution in [-0.2, 0) is 18.9 Å². The molecule has 39 heavy (non-hydrogen) atoms. The van der Waals surface area contributed by atoms with E-state index in [-0.39, 0.29) is 34.5 Å². The van der Waals surface area contributed by atoms with Crippen molar-refractivity contribution in [3.05, 3.63) is 83.6 Å². The van der Waals surface area contributed by atoms with E-state index in [0.29, 0.717) is 47.8 Å². The molecule has 208 valence electrons. The van der Waals surface area contributed by atoms with Crippen LogP contribution < -0.4 is 4.74 Å². The van der Waals surface area contributed by atoms with Gasteiger partial charge in [-0.25, -0.2) is 0 Å². The van der Waals surface area contributed by atoms with Crippen molar-refractivity contribution in [2.75, 3.05) is 20.2 Å². The predicted octanol–water partition coefficient (Wildman–Crippen LogP) is 6.93. The Morgan fingerprint density at radius 1 is 1.10 bits per heavy atom. The zero-order valence-corrected chi connectivity index (χ0v) is 21.3. The number of aliphatic hydroxyl groups is 1. The van der Waals surface area contributed by atoms with Crippen LogP contribution in [0.4, 0.5) is 26.3 Å². The Labute approximate surface area is 222 Å². The van der Waals surface area contributed by atoms with E-state index in [2.05, 4.69) is 11.6 Å². The van der Waals surface area contributed by atoms with Crippen molar-refractivity contribution in [1.29, 1.82) is 0 Å². The number of ether oxygens (including phenoxy) is 1. The first-order valence-electron chi connectivity index (χ1n) is 12.7. The highest BCUT2D eigenvalue weighted by molar-refractivity contribution is 5.83. The molecule has 0 saturated carbocycles. The zero-order valence-electron chi connectivity index (χ0n) is 21.3. The predicted molar refractivity (Wildman–Crippen MR) is 134 cm³/mol. The third-order valence-electron chi connectivity index (χ3n) is 8.57. The topological polar surface area (TPSA) is 42.4 Å². The number of aromatic nitrogens is 1. The van der Waals surface area contributed by atoms with Gasteiger partial charge >= 0.3 is 12.4 Å². The molecular weight excluding hydrogens is 522 g/mol. The first kappa shape index (κ1) is 27.5. The molecule has 4 heterocycles. The number of aliphatic hydroxyl groups excluding tert-OH is 1. The quantitative estimate of drug-likeness (QED) is 0.205. The second kappa shape index (κ2) is 9.82. The number of halogens is 6. The Kier molecular flexibility index (Phi) is 6.91. The van der Waals surface area contributed by atoms with Crippen LogP contribution >= 0.6 is 0 Å². The van der Waals surface area contributed by atoms with Crippen LogP contribution in [0.5, 0.6) is 5.75 Å². The molecule has 5 atom stereocenters. The summed E-state index contributed by atoms with van der Waals surface area (Å²) < 4.78 is 87.5. The van der Waals surface area contributed by atoms with E-state index < -0.39 is 35.6 Å². The summed E-state index contributed by atoms with van der Waals surface area (Å²) >= 11 is 0. The van der Waals surface area contributed by atoms with Crippen LogP contribution in [0.25, 0.3) is 10.9 Å². The Bertz CT molecular complexity index is 1390. The molecule has 3 aromatic rings. The first-order valence-corrected chi connectivity index (χ1v) is 12.7. The van der Waals surface area contributed by atoms with E-state index in [0.717, 1.165) is 12.5 Å². The van der Waals surface area contributed by atoms with E-state index in [9.17, 15) is 31.4 Å². The molecule has 6 rings (SSSR count). The maximum atomic E-state index is 14.1. The number of hydrogen-bond acceptors (Lipinski definition) is 3. The SMILES string of the molecule is C=C[C@H]1C[N@+]2(Cc3ccc(C(F)(F)F)cc3C(F)(F)F)CC[C@H]1C[C@@H]2[C@@H](O)c1ccnc2ccc(OC)cc12. The fourth-order valence-electron chi connectivity index (χ4n) is 6.61. The van der Waals surface area contributed by atoms with Crippen LogP contribution in [0.1, 0.15) is 41.2 Å². The summed E-state index contributed by atoms with van der Waals surface area (Å²) in [6.45, 7) is 4.72. The summed E-state index contributed by atoms with van der Waals surface area (Å²) in [6.07, 6.45) is -6.24. The molecule has 3 aliphatic heterocycles. The lowest BCUT2D eigenvalue weighted by Crippen LogP contribution is -2.67. The lowest BCUT2D eigenvalue weighted by molar-refractivity contribution is -0.985. The lowest BCUT2D eigenvalue weighted by Gasteiger charge is -2.58. The van der Waals surface area contributed by atoms with Crippen molar-refractivity contribution < 1.29 is 40.7 Å². The molecule has 3 aliphatic rings. The molecule has 3 saturated heterocycles. The zero-order chi connectivity index (χ0) is 28.2. The average molecular weight is 552 g/mol. The minimum Gasteiger partial charge on any atom is -0.497 e. The fourth-order valence-corrected chi connectivity index (χ4v) is 6.61. The Hall–Kier alpha value is -3.11. The molecule has 4 nitrogen and oxygen atoms in total. The second-order valence-electron chi connectivity index (χ2n) is 10.6. The molecule has 0 radical (unpaired) electrons. The second-order valence-corrected chi connectivity index (χ2v) is 10.6. The molecule has 0 aliphatic carbocycles. The standard InChI is InChI=1S/C29H29F6N2O2/c1-3-17-15-37(16-19-4-5-20(28(30,31)32)13-24(19)29(33,34)35)11-9-18(17)12-26(37)27(38)22-8-10-36-25-7-6-21(39-2)14-23(22)25/h3-8,10,13-14,17-18,26-27,38H,1,9,11-12,15-16H2,2H3/q+1/t17-,18-,26+,27-,37-/m0/s1. The van der Waals surface area contributed by atoms with Crippen LogP contribution in [0, 0.1) is 11.8 Å². The summed E-state index contributed by atoms with van der Waals surface area (Å²) in [6, 6.07) is 8.38. The minimum atomic E-state index is -4.97. The summed E-state index contributed by atoms with van der Waals surface area (Å²) in [5, 5.41) is 12.5. The Morgan fingerprint density at radius 2 is 1.87 bits per heavy atom. The maximum Gasteiger partial charge on any atom is 0.416 e. The molecule has 10 heteroatoms. The van der Waals surface area contributed by atoms with Gasteiger partial charge in [0.15, 0.2) is 0 Å². The van der Waals surface area contributed by atoms with Crippen molar-refractivity contribution in [1.82, 2.24) is 4.98 Å². The molecular formula is C29H29F6N2O2+. The molecule has 1 aromatic heterocycles. The molecule has 0 amide bonds. The fraction of sp³-hybridized carbons (Fsp3) is 0.414. The summed E-state index contributed by atoms with van der Waals surface area (Å²) in [5.74, 6) is 0.810. The normalized spacial score (nSPS) is 26.0. The van der Waals surface area contributed by atoms with Crippen LogP contribution in [0.2, 0.25) is 0 Å². The van der Waals surface area contributed by atoms with Gasteiger partial charge in [0.05, 0.1) is 36.8 Å². The number of hydrogen-bond donors (Lipinski definition) is 1. The van der Waals surface area contributed by atoms with Crippen molar-refractivity contribution in [3.63, 3.8) is 0 Å². The van der Waals surface area contributed by atoms with Gasteiger partial charge in [0.2, 0.25) is 0 Å². The van der Waals surface area contributed by atoms with Crippen molar-refractivity contribution >= 4 is 10.9 Å². The number of rotatable bonds is 6. The Balaban J connectivity index is 1.60.